The molecule has 0 bridgehead atoms. The van der Waals surface area contributed by atoms with E-state index in [1.54, 1.807) is 0 Å². The average molecular weight is 262 g/mol. The quantitative estimate of drug-likeness (QED) is 0.239. The molecule has 97 valence electrons. The van der Waals surface area contributed by atoms with E-state index in [0.29, 0.717) is 19.5 Å². The number of hydrogen-bond acceptors (Lipinski definition) is 4. The van der Waals surface area contributed by atoms with Gasteiger partial charge >= 0.3 is 29.6 Å². The maximum atomic E-state index is 10.7. The Morgan fingerprint density at radius 3 is 2.00 bits per heavy atom. The molecule has 1 amide bonds. The summed E-state index contributed by atoms with van der Waals surface area (Å²) in [5, 5.41) is 12.0. The molecule has 7 heteroatoms. The topological polar surface area (TPSA) is 82.0 Å². The van der Waals surface area contributed by atoms with Crippen LogP contribution >= 0.6 is 0 Å². The zero-order valence-electron chi connectivity index (χ0n) is 12.0. The van der Waals surface area contributed by atoms with Gasteiger partial charge in [0.25, 0.3) is 0 Å². The van der Waals surface area contributed by atoms with E-state index in [4.69, 9.17) is 11.8 Å². The summed E-state index contributed by atoms with van der Waals surface area (Å²) in [6.07, 6.45) is 2.58. The standard InChI is InChI=1S/C7H16N2O.C3H6O.CN.B.Na/c1-3-5-8-6-7(10)9-4-2;1-2-3-4;1-2;;/h8H,3-6H2,1-2H3,(H,9,10);3H,2H2,1H3;;;/q;;-1;;+1. The molecule has 0 aliphatic rings. The molecule has 0 aromatic rings. The monoisotopic (exact) mass is 262 g/mol. The summed E-state index contributed by atoms with van der Waals surface area (Å²) in [7, 11) is 0. The first kappa shape index (κ1) is 30.6. The molecule has 0 saturated heterocycles. The summed E-state index contributed by atoms with van der Waals surface area (Å²) < 4.78 is 0. The predicted octanol–water partition coefficient (Wildman–Crippen LogP) is -2.56. The van der Waals surface area contributed by atoms with Gasteiger partial charge < -0.3 is 27.3 Å². The molecule has 0 aromatic carbocycles. The fourth-order valence-electron chi connectivity index (χ4n) is 0.638. The predicted molar refractivity (Wildman–Crippen MR) is 68.9 cm³/mol. The molecule has 5 nitrogen and oxygen atoms in total. The molecule has 0 aliphatic carbocycles. The second-order valence-corrected chi connectivity index (χ2v) is 2.71. The normalized spacial score (nSPS) is 6.72. The molecule has 0 spiro atoms. The van der Waals surface area contributed by atoms with Crippen LogP contribution in [0.5, 0.6) is 0 Å². The Morgan fingerprint density at radius 1 is 1.28 bits per heavy atom. The second kappa shape index (κ2) is 36.0. The van der Waals surface area contributed by atoms with Crippen molar-refractivity contribution in [2.75, 3.05) is 19.6 Å². The third-order valence-electron chi connectivity index (χ3n) is 1.25. The Labute approximate surface area is 135 Å². The van der Waals surface area contributed by atoms with Crippen LogP contribution in [0.25, 0.3) is 0 Å². The van der Waals surface area contributed by atoms with Crippen molar-refractivity contribution in [1.82, 2.24) is 10.6 Å². The van der Waals surface area contributed by atoms with Crippen LogP contribution in [0.4, 0.5) is 0 Å². The van der Waals surface area contributed by atoms with Crippen LogP contribution < -0.4 is 40.2 Å². The van der Waals surface area contributed by atoms with Crippen molar-refractivity contribution in [3.8, 4) is 0 Å². The van der Waals surface area contributed by atoms with Crippen molar-refractivity contribution in [1.29, 1.82) is 5.26 Å². The number of amides is 1. The third-order valence-corrected chi connectivity index (χ3v) is 1.25. The molecule has 0 saturated carbocycles. The van der Waals surface area contributed by atoms with Crippen molar-refractivity contribution in [2.24, 2.45) is 0 Å². The maximum Gasteiger partial charge on any atom is 1.00 e. The first-order valence-electron chi connectivity index (χ1n) is 5.36. The van der Waals surface area contributed by atoms with Crippen LogP contribution in [0.1, 0.15) is 33.6 Å². The molecular formula is C11H22BN3NaO2. The fraction of sp³-hybridized carbons (Fsp3) is 0.727. The fourth-order valence-corrected chi connectivity index (χ4v) is 0.638. The third kappa shape index (κ3) is 44.9. The van der Waals surface area contributed by atoms with E-state index in [-0.39, 0.29) is 43.9 Å². The zero-order valence-corrected chi connectivity index (χ0v) is 14.0. The van der Waals surface area contributed by atoms with Crippen molar-refractivity contribution >= 4 is 20.6 Å². The number of nitrogens with one attached hydrogen (secondary N) is 2. The largest absolute Gasteiger partial charge is 1.00 e. The number of hydrogen-bond donors (Lipinski definition) is 2. The van der Waals surface area contributed by atoms with Crippen LogP contribution in [-0.4, -0.2) is 40.2 Å². The molecule has 0 aromatic heterocycles. The maximum absolute atomic E-state index is 10.7. The van der Waals surface area contributed by atoms with E-state index in [1.807, 2.05) is 13.8 Å². The van der Waals surface area contributed by atoms with Gasteiger partial charge in [0.05, 0.1) is 6.54 Å². The molecule has 3 radical (unpaired) electrons. The van der Waals surface area contributed by atoms with E-state index in [2.05, 4.69) is 17.6 Å². The Kier molecular flexibility index (Phi) is 61.1. The number of rotatable bonds is 6. The number of carbonyl (C=O) groups is 2. The zero-order chi connectivity index (χ0) is 13.2. The molecule has 0 heterocycles. The minimum Gasteiger partial charge on any atom is -0.512 e. The van der Waals surface area contributed by atoms with Gasteiger partial charge in [-0.05, 0) is 19.9 Å². The summed E-state index contributed by atoms with van der Waals surface area (Å²) in [6.45, 7) is 12.6. The minimum absolute atomic E-state index is 0. The number of nitrogens with zero attached hydrogens (tertiary/aromatic N) is 1. The molecule has 0 unspecified atom stereocenters. The van der Waals surface area contributed by atoms with Crippen molar-refractivity contribution in [2.45, 2.75) is 33.6 Å². The number of likely N-dealkylation sites (N-methyl/N-ethyl adjacent to an activating group) is 1. The van der Waals surface area contributed by atoms with Gasteiger partial charge in [-0.1, -0.05) is 13.8 Å². The van der Waals surface area contributed by atoms with Gasteiger partial charge in [-0.3, -0.25) is 4.79 Å². The van der Waals surface area contributed by atoms with Gasteiger partial charge in [-0.15, -0.1) is 0 Å². The van der Waals surface area contributed by atoms with Crippen molar-refractivity contribution in [3.63, 3.8) is 0 Å². The second-order valence-electron chi connectivity index (χ2n) is 2.71. The van der Waals surface area contributed by atoms with Crippen LogP contribution in [0.2, 0.25) is 0 Å². The first-order chi connectivity index (χ1) is 7.72. The number of aldehydes is 1. The Balaban J connectivity index is -0.0000000607. The van der Waals surface area contributed by atoms with E-state index < -0.39 is 0 Å². The van der Waals surface area contributed by atoms with E-state index in [0.717, 1.165) is 19.3 Å². The van der Waals surface area contributed by atoms with Gasteiger partial charge in [0.15, 0.2) is 0 Å². The van der Waals surface area contributed by atoms with Crippen molar-refractivity contribution < 1.29 is 39.1 Å². The van der Waals surface area contributed by atoms with Crippen LogP contribution in [-0.2, 0) is 9.59 Å². The SMILES string of the molecule is CCC=O.CCCNCC(=O)NCC.[B].[C-]#N.[Na+]. The minimum atomic E-state index is 0. The molecule has 18 heavy (non-hydrogen) atoms. The van der Waals surface area contributed by atoms with Gasteiger partial charge in [0.2, 0.25) is 5.91 Å². The first-order valence-corrected chi connectivity index (χ1v) is 5.36. The molecule has 0 atom stereocenters. The van der Waals surface area contributed by atoms with Crippen molar-refractivity contribution in [3.05, 3.63) is 6.57 Å². The summed E-state index contributed by atoms with van der Waals surface area (Å²) in [6, 6.07) is 0. The smallest absolute Gasteiger partial charge is 0.512 e. The average Bonchev–Trinajstić information content (AvgIpc) is 2.33. The molecule has 0 fully saturated rings. The van der Waals surface area contributed by atoms with Gasteiger partial charge in [0.1, 0.15) is 6.29 Å². The van der Waals surface area contributed by atoms with E-state index in [9.17, 15) is 9.59 Å². The molecule has 0 aliphatic heterocycles. The molecule has 2 N–H and O–H groups in total. The Hall–Kier alpha value is -0.345. The van der Waals surface area contributed by atoms with Gasteiger partial charge in [-0.25, -0.2) is 0 Å². The Morgan fingerprint density at radius 2 is 1.72 bits per heavy atom. The Bertz CT molecular complexity index is 181. The summed E-state index contributed by atoms with van der Waals surface area (Å²) in [5.41, 5.74) is 0. The number of carbonyl (C=O) groups excluding carboxylic acids is 2. The van der Waals surface area contributed by atoms with E-state index in [1.165, 1.54) is 0 Å². The van der Waals surface area contributed by atoms with E-state index >= 15 is 0 Å². The van der Waals surface area contributed by atoms with Crippen LogP contribution in [0.15, 0.2) is 0 Å². The van der Waals surface area contributed by atoms with Crippen LogP contribution in [0, 0.1) is 11.8 Å². The summed E-state index contributed by atoms with van der Waals surface area (Å²) in [5.74, 6) is 0.0796. The van der Waals surface area contributed by atoms with Gasteiger partial charge in [-0.2, -0.15) is 0 Å². The van der Waals surface area contributed by atoms with Crippen LogP contribution in [0.3, 0.4) is 0 Å². The summed E-state index contributed by atoms with van der Waals surface area (Å²) >= 11 is 0. The summed E-state index contributed by atoms with van der Waals surface area (Å²) in [4.78, 5) is 19.9. The molecule has 0 rings (SSSR count). The molecular weight excluding hydrogens is 240 g/mol. The van der Waals surface area contributed by atoms with Gasteiger partial charge in [0, 0.05) is 21.4 Å².